The van der Waals surface area contributed by atoms with Gasteiger partial charge >= 0.3 is 0 Å². The Morgan fingerprint density at radius 3 is 1.23 bits per heavy atom. The van der Waals surface area contributed by atoms with E-state index in [-0.39, 0.29) is 0 Å². The highest BCUT2D eigenvalue weighted by molar-refractivity contribution is 4.50. The molecule has 0 unspecified atom stereocenters. The summed E-state index contributed by atoms with van der Waals surface area (Å²) in [6, 6.07) is 0. The molecule has 1 rings (SSSR count). The Kier molecular flexibility index (Phi) is 18.9. The maximum Gasteiger partial charge on any atom is 0.0701 e. The van der Waals surface area contributed by atoms with Gasteiger partial charge in [0.2, 0.25) is 0 Å². The highest BCUT2D eigenvalue weighted by Gasteiger charge is 1.96. The molecule has 1 fully saturated rings. The number of aliphatic hydroxyl groups is 1. The van der Waals surface area contributed by atoms with Gasteiger partial charge in [0.25, 0.3) is 0 Å². The number of hydrogen-bond donors (Lipinski definition) is 1. The molecule has 0 bridgehead atoms. The molecule has 0 aromatic carbocycles. The van der Waals surface area contributed by atoms with Gasteiger partial charge in [-0.2, -0.15) is 0 Å². The van der Waals surface area contributed by atoms with Crippen LogP contribution in [-0.4, -0.2) is 24.9 Å². The normalized spacial score (nSPS) is 13.1. The Morgan fingerprint density at radius 1 is 0.636 bits per heavy atom. The second-order valence-corrected chi connectivity index (χ2v) is 7.11. The molecule has 0 aromatic rings. The maximum absolute atomic E-state index is 8.67. The van der Waals surface area contributed by atoms with Gasteiger partial charge < -0.3 is 9.84 Å². The van der Waals surface area contributed by atoms with Gasteiger partial charge in [-0.15, -0.1) is 0 Å². The molecule has 1 heterocycles. The van der Waals surface area contributed by atoms with Crippen LogP contribution in [0, 0.1) is 5.92 Å². The third-order valence-electron chi connectivity index (χ3n) is 4.14. The molecule has 1 aliphatic rings. The minimum Gasteiger partial charge on any atom is -0.396 e. The van der Waals surface area contributed by atoms with Gasteiger partial charge in [0.1, 0.15) is 0 Å². The maximum atomic E-state index is 8.67. The lowest BCUT2D eigenvalue weighted by molar-refractivity contribution is 0.282. The van der Waals surface area contributed by atoms with Crippen LogP contribution < -0.4 is 0 Å². The molecule has 0 aliphatic carbocycles. The molecule has 1 N–H and O–H groups in total. The molecule has 0 amide bonds. The van der Waals surface area contributed by atoms with E-state index < -0.39 is 0 Å². The smallest absolute Gasteiger partial charge is 0.0701 e. The minimum absolute atomic E-state index is 0.372. The quantitative estimate of drug-likeness (QED) is 0.292. The largest absolute Gasteiger partial charge is 0.396 e. The number of rotatable bonds is 15. The molecule has 1 saturated heterocycles. The van der Waals surface area contributed by atoms with Crippen LogP contribution in [0.25, 0.3) is 0 Å². The molecular formula is C20H42O2. The molecule has 0 saturated carbocycles. The van der Waals surface area contributed by atoms with Gasteiger partial charge in [-0.3, -0.25) is 0 Å². The lowest BCUT2D eigenvalue weighted by Crippen LogP contribution is -1.87. The molecule has 2 heteroatoms. The Labute approximate surface area is 140 Å². The first kappa shape index (κ1) is 21.9. The predicted molar refractivity (Wildman–Crippen MR) is 97.4 cm³/mol. The lowest BCUT2D eigenvalue weighted by Gasteiger charge is -2.04. The fourth-order valence-electron chi connectivity index (χ4n) is 2.61. The van der Waals surface area contributed by atoms with Crippen molar-refractivity contribution in [2.24, 2.45) is 5.92 Å². The van der Waals surface area contributed by atoms with Crippen molar-refractivity contribution >= 4 is 0 Å². The highest BCUT2D eigenvalue weighted by atomic mass is 16.6. The molecule has 0 aromatic heterocycles. The number of epoxide rings is 1. The molecule has 134 valence electrons. The number of aliphatic hydroxyl groups excluding tert-OH is 1. The van der Waals surface area contributed by atoms with Crippen LogP contribution in [0.15, 0.2) is 0 Å². The summed E-state index contributed by atoms with van der Waals surface area (Å²) in [5.41, 5.74) is 0. The number of unbranched alkanes of at least 4 members (excludes halogenated alkanes) is 12. The Hall–Kier alpha value is -0.0800. The summed E-state index contributed by atoms with van der Waals surface area (Å²) in [5, 5.41) is 8.67. The lowest BCUT2D eigenvalue weighted by atomic mass is 10.0. The van der Waals surface area contributed by atoms with Crippen molar-refractivity contribution in [1.82, 2.24) is 0 Å². The van der Waals surface area contributed by atoms with Crippen molar-refractivity contribution < 1.29 is 9.84 Å². The average Bonchev–Trinajstić information content (AvgIpc) is 3.36. The van der Waals surface area contributed by atoms with Crippen molar-refractivity contribution in [1.29, 1.82) is 0 Å². The van der Waals surface area contributed by atoms with Gasteiger partial charge in [-0.1, -0.05) is 97.3 Å². The van der Waals surface area contributed by atoms with Gasteiger partial charge in [0, 0.05) is 6.61 Å². The summed E-state index contributed by atoms with van der Waals surface area (Å²) in [6.07, 6.45) is 19.3. The second kappa shape index (κ2) is 19.0. The zero-order chi connectivity index (χ0) is 16.3. The van der Waals surface area contributed by atoms with Gasteiger partial charge in [-0.05, 0) is 12.3 Å². The van der Waals surface area contributed by atoms with E-state index in [4.69, 9.17) is 5.11 Å². The van der Waals surface area contributed by atoms with Crippen molar-refractivity contribution in [3.63, 3.8) is 0 Å². The highest BCUT2D eigenvalue weighted by Crippen LogP contribution is 2.14. The van der Waals surface area contributed by atoms with E-state index >= 15 is 0 Å². The molecule has 0 atom stereocenters. The number of hydrogen-bond acceptors (Lipinski definition) is 2. The molecule has 22 heavy (non-hydrogen) atoms. The molecule has 1 aliphatic heterocycles. The van der Waals surface area contributed by atoms with Crippen LogP contribution in [-0.2, 0) is 4.74 Å². The van der Waals surface area contributed by atoms with E-state index in [9.17, 15) is 0 Å². The molecular weight excluding hydrogens is 272 g/mol. The SMILES string of the molecule is C1CO1.CC(C)CCCCCCCCCCCCCCCO. The van der Waals surface area contributed by atoms with E-state index in [0.29, 0.717) is 6.61 Å². The van der Waals surface area contributed by atoms with E-state index in [1.807, 2.05) is 0 Å². The van der Waals surface area contributed by atoms with Crippen LogP contribution in [0.5, 0.6) is 0 Å². The fourth-order valence-corrected chi connectivity index (χ4v) is 2.61. The van der Waals surface area contributed by atoms with E-state index in [0.717, 1.165) is 25.6 Å². The van der Waals surface area contributed by atoms with Crippen LogP contribution in [0.4, 0.5) is 0 Å². The summed E-state index contributed by atoms with van der Waals surface area (Å²) >= 11 is 0. The fraction of sp³-hybridized carbons (Fsp3) is 1.00. The van der Waals surface area contributed by atoms with Gasteiger partial charge in [-0.25, -0.2) is 0 Å². The van der Waals surface area contributed by atoms with Crippen LogP contribution in [0.3, 0.4) is 0 Å². The summed E-state index contributed by atoms with van der Waals surface area (Å²) in [7, 11) is 0. The summed E-state index contributed by atoms with van der Waals surface area (Å²) < 4.78 is 4.50. The van der Waals surface area contributed by atoms with Crippen molar-refractivity contribution in [3.05, 3.63) is 0 Å². The zero-order valence-corrected chi connectivity index (χ0v) is 15.5. The van der Waals surface area contributed by atoms with Crippen LogP contribution in [0.1, 0.15) is 104 Å². The average molecular weight is 315 g/mol. The van der Waals surface area contributed by atoms with Crippen molar-refractivity contribution in [3.8, 4) is 0 Å². The third-order valence-corrected chi connectivity index (χ3v) is 4.14. The minimum atomic E-state index is 0.372. The Morgan fingerprint density at radius 2 is 0.955 bits per heavy atom. The first-order valence-electron chi connectivity index (χ1n) is 9.96. The topological polar surface area (TPSA) is 32.8 Å². The standard InChI is InChI=1S/C18H38O.C2H4O/c1-18(2)16-14-12-10-8-6-4-3-5-7-9-11-13-15-17-19;1-2-3-1/h18-19H,3-17H2,1-2H3;1-2H2. The van der Waals surface area contributed by atoms with Gasteiger partial charge in [0.05, 0.1) is 13.2 Å². The number of ether oxygens (including phenoxy) is 1. The predicted octanol–water partition coefficient (Wildman–Crippen LogP) is 6.11. The van der Waals surface area contributed by atoms with Crippen molar-refractivity contribution in [2.75, 3.05) is 19.8 Å². The third kappa shape index (κ3) is 24.9. The Bertz CT molecular complexity index is 187. The molecule has 0 spiro atoms. The van der Waals surface area contributed by atoms with Crippen LogP contribution in [0.2, 0.25) is 0 Å². The van der Waals surface area contributed by atoms with Crippen molar-refractivity contribution in [2.45, 2.75) is 104 Å². The first-order chi connectivity index (χ1) is 10.8. The summed E-state index contributed by atoms with van der Waals surface area (Å²) in [5.74, 6) is 0.886. The summed E-state index contributed by atoms with van der Waals surface area (Å²) in [6.45, 7) is 7.02. The Balaban J connectivity index is 0.00000129. The monoisotopic (exact) mass is 314 g/mol. The summed E-state index contributed by atoms with van der Waals surface area (Å²) in [4.78, 5) is 0. The zero-order valence-electron chi connectivity index (χ0n) is 15.5. The van der Waals surface area contributed by atoms with Gasteiger partial charge in [0.15, 0.2) is 0 Å². The second-order valence-electron chi connectivity index (χ2n) is 7.11. The molecule has 2 nitrogen and oxygen atoms in total. The first-order valence-corrected chi connectivity index (χ1v) is 9.96. The molecule has 0 radical (unpaired) electrons. The van der Waals surface area contributed by atoms with E-state index in [1.54, 1.807) is 0 Å². The van der Waals surface area contributed by atoms with Crippen LogP contribution >= 0.6 is 0 Å². The van der Waals surface area contributed by atoms with E-state index in [2.05, 4.69) is 18.6 Å². The van der Waals surface area contributed by atoms with E-state index in [1.165, 1.54) is 83.5 Å².